The molecule has 0 bridgehead atoms. The molecule has 0 spiro atoms. The zero-order chi connectivity index (χ0) is 15.4. The van der Waals surface area contributed by atoms with Crippen LogP contribution in [0, 0.1) is 5.92 Å². The quantitative estimate of drug-likeness (QED) is 0.802. The summed E-state index contributed by atoms with van der Waals surface area (Å²) < 4.78 is 5.89. The summed E-state index contributed by atoms with van der Waals surface area (Å²) in [6, 6.07) is 2.64. The molecule has 2 heterocycles. The summed E-state index contributed by atoms with van der Waals surface area (Å²) >= 11 is 0. The Bertz CT molecular complexity index is 512. The number of nitrogens with zero attached hydrogens (tertiary/aromatic N) is 1. The number of ketones is 1. The number of pyridine rings is 1. The molecule has 1 aliphatic heterocycles. The monoisotopic (exact) mass is 302 g/mol. The van der Waals surface area contributed by atoms with Gasteiger partial charge < -0.3 is 14.8 Å². The van der Waals surface area contributed by atoms with Gasteiger partial charge in [0.1, 0.15) is 18.1 Å². The number of carbonyl (C=O) groups excluding carboxylic acids is 1. The molecule has 2 fully saturated rings. The number of Topliss-reactive ketones (excluding diaryl/α,β-unsaturated/α-hetero) is 1. The Morgan fingerprint density at radius 3 is 3.14 bits per heavy atom. The smallest absolute Gasteiger partial charge is 0.137 e. The fraction of sp³-hybridized carbons (Fsp3) is 0.667. The molecule has 2 aliphatic rings. The maximum atomic E-state index is 11.0. The Morgan fingerprint density at radius 1 is 1.45 bits per heavy atom. The molecule has 1 aromatic heterocycles. The van der Waals surface area contributed by atoms with Crippen LogP contribution in [0.25, 0.3) is 0 Å². The molecular weight excluding hydrogens is 276 g/mol. The third kappa shape index (κ3) is 4.29. The van der Waals surface area contributed by atoms with Crippen LogP contribution in [0.3, 0.4) is 0 Å². The van der Waals surface area contributed by atoms with Gasteiger partial charge in [0.25, 0.3) is 0 Å². The molecule has 3 rings (SSSR count). The van der Waals surface area contributed by atoms with Crippen LogP contribution >= 0.6 is 0 Å². The normalized spacial score (nSPS) is 26.9. The number of carbonyl (C=O) groups is 1. The minimum absolute atomic E-state index is 0.301. The molecule has 1 N–H and O–H groups in total. The highest BCUT2D eigenvalue weighted by molar-refractivity contribution is 5.75. The van der Waals surface area contributed by atoms with E-state index in [1.54, 1.807) is 6.92 Å². The van der Waals surface area contributed by atoms with E-state index in [0.717, 1.165) is 44.1 Å². The van der Waals surface area contributed by atoms with Crippen molar-refractivity contribution in [3.8, 4) is 5.75 Å². The van der Waals surface area contributed by atoms with E-state index in [4.69, 9.17) is 4.74 Å². The SMILES string of the molecule is CC(=O)CCC[C@H]1C[C@@H]1c1cncc(OC[C@@H]2CCCN2)c1. The van der Waals surface area contributed by atoms with Crippen molar-refractivity contribution < 1.29 is 9.53 Å². The molecule has 22 heavy (non-hydrogen) atoms. The molecule has 1 aliphatic carbocycles. The largest absolute Gasteiger partial charge is 0.490 e. The summed E-state index contributed by atoms with van der Waals surface area (Å²) in [5, 5.41) is 3.44. The van der Waals surface area contributed by atoms with E-state index >= 15 is 0 Å². The molecule has 1 aromatic rings. The molecule has 4 nitrogen and oxygen atoms in total. The lowest BCUT2D eigenvalue weighted by Gasteiger charge is -2.12. The van der Waals surface area contributed by atoms with Gasteiger partial charge in [-0.15, -0.1) is 0 Å². The number of nitrogens with one attached hydrogen (secondary N) is 1. The maximum Gasteiger partial charge on any atom is 0.137 e. The fourth-order valence-electron chi connectivity index (χ4n) is 3.40. The van der Waals surface area contributed by atoms with Gasteiger partial charge in [-0.1, -0.05) is 0 Å². The zero-order valence-corrected chi connectivity index (χ0v) is 13.4. The second-order valence-electron chi connectivity index (χ2n) is 6.75. The second-order valence-corrected chi connectivity index (χ2v) is 6.75. The Labute approximate surface area is 132 Å². The first-order valence-corrected chi connectivity index (χ1v) is 8.53. The van der Waals surface area contributed by atoms with Crippen LogP contribution in [0.15, 0.2) is 18.5 Å². The van der Waals surface area contributed by atoms with Crippen molar-refractivity contribution >= 4 is 5.78 Å². The van der Waals surface area contributed by atoms with Gasteiger partial charge in [-0.2, -0.15) is 0 Å². The van der Waals surface area contributed by atoms with E-state index < -0.39 is 0 Å². The number of hydrogen-bond donors (Lipinski definition) is 1. The van der Waals surface area contributed by atoms with Crippen LogP contribution in [0.4, 0.5) is 0 Å². The third-order valence-electron chi connectivity index (χ3n) is 4.80. The number of rotatable bonds is 8. The van der Waals surface area contributed by atoms with E-state index in [0.29, 0.717) is 17.7 Å². The number of ether oxygens (including phenoxy) is 1. The minimum Gasteiger partial charge on any atom is -0.490 e. The first kappa shape index (κ1) is 15.5. The average Bonchev–Trinajstić information content (AvgIpc) is 3.08. The third-order valence-corrected chi connectivity index (χ3v) is 4.80. The molecular formula is C18H26N2O2. The standard InChI is InChI=1S/C18H26N2O2/c1-13(21)4-2-5-14-9-18(14)15-8-17(11-19-10-15)22-12-16-6-3-7-20-16/h8,10-11,14,16,18,20H,2-7,9,12H2,1H3/t14-,16-,18-/m0/s1. The zero-order valence-electron chi connectivity index (χ0n) is 13.4. The van der Waals surface area contributed by atoms with Gasteiger partial charge >= 0.3 is 0 Å². The lowest BCUT2D eigenvalue weighted by molar-refractivity contribution is -0.117. The van der Waals surface area contributed by atoms with Crippen molar-refractivity contribution in [3.63, 3.8) is 0 Å². The first-order chi connectivity index (χ1) is 10.7. The summed E-state index contributed by atoms with van der Waals surface area (Å²) in [5.41, 5.74) is 1.30. The molecule has 4 heteroatoms. The summed E-state index contributed by atoms with van der Waals surface area (Å²) in [6.45, 7) is 3.52. The Hall–Kier alpha value is -1.42. The summed E-state index contributed by atoms with van der Waals surface area (Å²) in [7, 11) is 0. The molecule has 120 valence electrons. The fourth-order valence-corrected chi connectivity index (χ4v) is 3.40. The van der Waals surface area contributed by atoms with E-state index in [1.165, 1.54) is 24.8 Å². The van der Waals surface area contributed by atoms with Crippen molar-refractivity contribution in [1.82, 2.24) is 10.3 Å². The molecule has 1 saturated heterocycles. The van der Waals surface area contributed by atoms with Gasteiger partial charge in [-0.05, 0) is 69.0 Å². The van der Waals surface area contributed by atoms with Crippen LogP contribution in [0.5, 0.6) is 5.75 Å². The highest BCUT2D eigenvalue weighted by Gasteiger charge is 2.37. The topological polar surface area (TPSA) is 51.2 Å². The predicted octanol–water partition coefficient (Wildman–Crippen LogP) is 3.08. The summed E-state index contributed by atoms with van der Waals surface area (Å²) in [5.74, 6) is 2.54. The van der Waals surface area contributed by atoms with E-state index in [9.17, 15) is 4.79 Å². The molecule has 3 atom stereocenters. The van der Waals surface area contributed by atoms with Crippen LogP contribution in [0.2, 0.25) is 0 Å². The Kier molecular flexibility index (Phi) is 5.08. The molecule has 0 radical (unpaired) electrons. The summed E-state index contributed by atoms with van der Waals surface area (Å²) in [4.78, 5) is 15.3. The molecule has 0 amide bonds. The number of aromatic nitrogens is 1. The average molecular weight is 302 g/mol. The van der Waals surface area contributed by atoms with Gasteiger partial charge in [-0.25, -0.2) is 0 Å². The van der Waals surface area contributed by atoms with Crippen LogP contribution in [-0.4, -0.2) is 30.0 Å². The Morgan fingerprint density at radius 2 is 2.36 bits per heavy atom. The van der Waals surface area contributed by atoms with Crippen LogP contribution < -0.4 is 10.1 Å². The maximum absolute atomic E-state index is 11.0. The van der Waals surface area contributed by atoms with Crippen molar-refractivity contribution in [2.24, 2.45) is 5.92 Å². The van der Waals surface area contributed by atoms with Gasteiger partial charge in [0, 0.05) is 18.7 Å². The lowest BCUT2D eigenvalue weighted by atomic mass is 10.1. The van der Waals surface area contributed by atoms with Gasteiger partial charge in [0.2, 0.25) is 0 Å². The van der Waals surface area contributed by atoms with Gasteiger partial charge in [-0.3, -0.25) is 4.98 Å². The summed E-state index contributed by atoms with van der Waals surface area (Å²) in [6.07, 6.45) is 10.4. The predicted molar refractivity (Wildman–Crippen MR) is 86.1 cm³/mol. The van der Waals surface area contributed by atoms with E-state index in [2.05, 4.69) is 16.4 Å². The van der Waals surface area contributed by atoms with Crippen LogP contribution in [0.1, 0.15) is 56.9 Å². The van der Waals surface area contributed by atoms with Crippen molar-refractivity contribution in [3.05, 3.63) is 24.0 Å². The number of hydrogen-bond acceptors (Lipinski definition) is 4. The van der Waals surface area contributed by atoms with Crippen molar-refractivity contribution in [2.45, 2.75) is 57.4 Å². The van der Waals surface area contributed by atoms with E-state index in [1.807, 2.05) is 12.4 Å². The molecule has 0 aromatic carbocycles. The van der Waals surface area contributed by atoms with Crippen molar-refractivity contribution in [1.29, 1.82) is 0 Å². The van der Waals surface area contributed by atoms with Gasteiger partial charge in [0.05, 0.1) is 6.20 Å². The lowest BCUT2D eigenvalue weighted by Crippen LogP contribution is -2.28. The van der Waals surface area contributed by atoms with E-state index in [-0.39, 0.29) is 0 Å². The Balaban J connectivity index is 1.46. The highest BCUT2D eigenvalue weighted by atomic mass is 16.5. The van der Waals surface area contributed by atoms with Crippen LogP contribution in [-0.2, 0) is 4.79 Å². The second kappa shape index (κ2) is 7.23. The first-order valence-electron chi connectivity index (χ1n) is 8.53. The van der Waals surface area contributed by atoms with Crippen molar-refractivity contribution in [2.75, 3.05) is 13.2 Å². The van der Waals surface area contributed by atoms with Gasteiger partial charge in [0.15, 0.2) is 0 Å². The minimum atomic E-state index is 0.301. The highest BCUT2D eigenvalue weighted by Crippen LogP contribution is 2.50. The molecule has 0 unspecified atom stereocenters. The molecule has 1 saturated carbocycles.